The predicted molar refractivity (Wildman–Crippen MR) is 176 cm³/mol. The number of hydrogen-bond acceptors (Lipinski definition) is 1. The topological polar surface area (TPSA) is 3.24 Å². The van der Waals surface area contributed by atoms with E-state index < -0.39 is 16.0 Å². The van der Waals surface area contributed by atoms with Gasteiger partial charge in [0.1, 0.15) is 0 Å². The molecule has 0 amide bonds. The zero-order valence-corrected chi connectivity index (χ0v) is 26.3. The van der Waals surface area contributed by atoms with Crippen LogP contribution in [0.25, 0.3) is 0 Å². The Morgan fingerprint density at radius 1 is 0.488 bits per heavy atom. The summed E-state index contributed by atoms with van der Waals surface area (Å²) in [6.45, 7) is 2.36. The summed E-state index contributed by atoms with van der Waals surface area (Å²) in [5, 5.41) is 5.54. The van der Waals surface area contributed by atoms with Crippen molar-refractivity contribution in [2.75, 3.05) is 7.05 Å². The molecule has 0 bridgehead atoms. The van der Waals surface area contributed by atoms with Crippen LogP contribution in [0.2, 0.25) is 0 Å². The fourth-order valence-electron chi connectivity index (χ4n) is 4.91. The van der Waals surface area contributed by atoms with E-state index in [1.54, 1.807) is 0 Å². The van der Waals surface area contributed by atoms with E-state index in [2.05, 4.69) is 159 Å². The minimum Gasteiger partial charge on any atom is -0.274 e. The molecule has 206 valence electrons. The Labute approximate surface area is 262 Å². The van der Waals surface area contributed by atoms with Crippen molar-refractivity contribution in [3.63, 3.8) is 0 Å². The average Bonchev–Trinajstić information content (AvgIpc) is 3.76. The first kappa shape index (κ1) is 32.1. The molecule has 2 fully saturated rings. The Balaban J connectivity index is 0.000000584. The van der Waals surface area contributed by atoms with E-state index >= 15 is 0 Å². The van der Waals surface area contributed by atoms with Crippen LogP contribution in [0.15, 0.2) is 121 Å². The molecule has 2 aliphatic rings. The maximum absolute atomic E-state index is 2.59. The van der Waals surface area contributed by atoms with Crippen molar-refractivity contribution >= 4 is 37.2 Å². The van der Waals surface area contributed by atoms with E-state index in [0.717, 1.165) is 0 Å². The quantitative estimate of drug-likeness (QED) is 0.150. The van der Waals surface area contributed by atoms with Gasteiger partial charge in [-0.1, -0.05) is 121 Å². The Kier molecular flexibility index (Phi) is 13.1. The van der Waals surface area contributed by atoms with Gasteiger partial charge in [-0.2, -0.15) is 0 Å². The molecule has 0 aliphatic heterocycles. The second kappa shape index (κ2) is 16.8. The Morgan fingerprint density at radius 3 is 1.24 bits per heavy atom. The molecule has 4 aromatic rings. The van der Waals surface area contributed by atoms with Crippen LogP contribution >= 0.6 is 16.0 Å². The molecular weight excluding hydrogens is 576 g/mol. The van der Waals surface area contributed by atoms with Gasteiger partial charge in [0.05, 0.1) is 0 Å². The van der Waals surface area contributed by atoms with E-state index in [1.807, 2.05) is 32.1 Å². The smallest absolute Gasteiger partial charge is 0.0281 e. The maximum Gasteiger partial charge on any atom is 0.0281 e. The van der Waals surface area contributed by atoms with E-state index in [-0.39, 0.29) is 23.1 Å². The molecule has 0 spiro atoms. The van der Waals surface area contributed by atoms with Gasteiger partial charge >= 0.3 is 0 Å². The number of rotatable bonds is 8. The zero-order chi connectivity index (χ0) is 27.6. The molecule has 0 heterocycles. The fourth-order valence-corrected chi connectivity index (χ4v) is 9.87. The fraction of sp³-hybridized carbons (Fsp3) is 0.0811. The summed E-state index contributed by atoms with van der Waals surface area (Å²) in [5.74, 6) is 1.42. The monoisotopic (exact) mass is 611 g/mol. The number of nitrogens with zero attached hydrogens (tertiary/aromatic N) is 1. The van der Waals surface area contributed by atoms with Gasteiger partial charge in [0, 0.05) is 42.8 Å². The van der Waals surface area contributed by atoms with Crippen LogP contribution in [-0.2, 0) is 17.1 Å². The third-order valence-electron chi connectivity index (χ3n) is 6.98. The third kappa shape index (κ3) is 8.41. The van der Waals surface area contributed by atoms with Gasteiger partial charge in [-0.15, -0.1) is 0 Å². The predicted octanol–water partition coefficient (Wildman–Crippen LogP) is 7.24. The summed E-state index contributed by atoms with van der Waals surface area (Å²) in [5.41, 5.74) is 1.45. The van der Waals surface area contributed by atoms with Gasteiger partial charge in [0.25, 0.3) is 0 Å². The molecule has 0 aromatic heterocycles. The van der Waals surface area contributed by atoms with E-state index in [9.17, 15) is 0 Å². The van der Waals surface area contributed by atoms with Crippen molar-refractivity contribution in [1.82, 2.24) is 4.67 Å². The summed E-state index contributed by atoms with van der Waals surface area (Å²) in [6, 6.07) is 44.2. The van der Waals surface area contributed by atoms with E-state index in [0.29, 0.717) is 0 Å². The molecule has 0 N–H and O–H groups in total. The normalized spacial score (nSPS) is 16.4. The van der Waals surface area contributed by atoms with Gasteiger partial charge < -0.3 is 0 Å². The van der Waals surface area contributed by atoms with Crippen molar-refractivity contribution in [3.05, 3.63) is 184 Å². The number of benzene rings is 4. The molecule has 4 heteroatoms. The molecule has 1 atom stereocenters. The third-order valence-corrected chi connectivity index (χ3v) is 12.0. The Bertz CT molecular complexity index is 1160. The molecule has 41 heavy (non-hydrogen) atoms. The second-order valence-electron chi connectivity index (χ2n) is 9.57. The Morgan fingerprint density at radius 2 is 0.854 bits per heavy atom. The summed E-state index contributed by atoms with van der Waals surface area (Å²) in [4.78, 5) is 0. The summed E-state index contributed by atoms with van der Waals surface area (Å²) in [6.07, 6.45) is 16.9. The molecule has 2 saturated carbocycles. The standard InChI is InChI=1S/C32H30NP2.C5H5.Fe/c1-26(33(2)35(29-20-11-5-12-21-29)30-22-13-6-14-23-30)31-24-15-25-32(31)34(27-16-7-3-8-17-27)28-18-9-4-10-19-28;1-2-4-5-3-1;/h3-26H,1-2H3;1-5H;/t26-;;/m1../s1. The van der Waals surface area contributed by atoms with Crippen molar-refractivity contribution in [2.45, 2.75) is 13.0 Å². The summed E-state index contributed by atoms with van der Waals surface area (Å²) >= 11 is 0. The maximum atomic E-state index is 2.59. The van der Waals surface area contributed by atoms with Gasteiger partial charge in [0.15, 0.2) is 0 Å². The number of hydrogen-bond donors (Lipinski definition) is 0. The summed E-state index contributed by atoms with van der Waals surface area (Å²) < 4.78 is 2.59. The van der Waals surface area contributed by atoms with Crippen LogP contribution in [0.3, 0.4) is 0 Å². The molecule has 4 aromatic carbocycles. The van der Waals surface area contributed by atoms with Crippen molar-refractivity contribution < 1.29 is 17.1 Å². The minimum absolute atomic E-state index is 0. The van der Waals surface area contributed by atoms with Crippen LogP contribution in [0.5, 0.6) is 0 Å². The van der Waals surface area contributed by atoms with Crippen LogP contribution in [0, 0.1) is 62.9 Å². The van der Waals surface area contributed by atoms with Gasteiger partial charge in [-0.05, 0) is 94.5 Å². The largest absolute Gasteiger partial charge is 0.274 e. The van der Waals surface area contributed by atoms with E-state index in [4.69, 9.17) is 0 Å². The molecule has 10 radical (unpaired) electrons. The first-order valence-corrected chi connectivity index (χ1v) is 16.3. The van der Waals surface area contributed by atoms with Crippen LogP contribution < -0.4 is 21.2 Å². The Hall–Kier alpha value is -1.78. The van der Waals surface area contributed by atoms with Crippen LogP contribution in [0.4, 0.5) is 0 Å². The second-order valence-corrected chi connectivity index (χ2v) is 14.0. The van der Waals surface area contributed by atoms with Gasteiger partial charge in [0.2, 0.25) is 0 Å². The minimum atomic E-state index is -0.656. The molecule has 2 aliphatic carbocycles. The van der Waals surface area contributed by atoms with Crippen molar-refractivity contribution in [1.29, 1.82) is 0 Å². The van der Waals surface area contributed by atoms with Crippen molar-refractivity contribution in [2.24, 2.45) is 0 Å². The van der Waals surface area contributed by atoms with E-state index in [1.165, 1.54) is 32.8 Å². The van der Waals surface area contributed by atoms with Gasteiger partial charge in [-0.25, -0.2) is 0 Å². The molecule has 6 rings (SSSR count). The molecule has 1 nitrogen and oxygen atoms in total. The van der Waals surface area contributed by atoms with Crippen molar-refractivity contribution in [3.8, 4) is 0 Å². The van der Waals surface area contributed by atoms with Crippen LogP contribution in [-0.4, -0.2) is 17.8 Å². The average molecular weight is 611 g/mol. The molecule has 0 saturated heterocycles. The van der Waals surface area contributed by atoms with Crippen LogP contribution in [0.1, 0.15) is 6.92 Å². The zero-order valence-electron chi connectivity index (χ0n) is 23.4. The summed E-state index contributed by atoms with van der Waals surface area (Å²) in [7, 11) is 1.00. The first-order chi connectivity index (χ1) is 19.7. The first-order valence-electron chi connectivity index (χ1n) is 13.7. The molecular formula is C37H35FeNP2. The molecule has 0 unspecified atom stereocenters. The SMILES string of the molecule is C[C@H]([C]1[CH][CH][CH][C]1P(c1ccccc1)c1ccccc1)N(C)P(c1ccccc1)c1ccccc1.[CH]1[CH][CH][CH][CH]1.[Fe]. The van der Waals surface area contributed by atoms with Gasteiger partial charge in [-0.3, -0.25) is 4.67 Å².